The first kappa shape index (κ1) is 25.0. The van der Waals surface area contributed by atoms with Gasteiger partial charge in [0.1, 0.15) is 17.5 Å². The lowest BCUT2D eigenvalue weighted by atomic mass is 9.93. The maximum atomic E-state index is 11.0. The molecule has 0 aliphatic heterocycles. The van der Waals surface area contributed by atoms with Gasteiger partial charge in [-0.05, 0) is 31.6 Å². The molecule has 30 heavy (non-hydrogen) atoms. The Morgan fingerprint density at radius 1 is 1.37 bits per heavy atom. The molecule has 1 N–H and O–H groups in total. The van der Waals surface area contributed by atoms with Gasteiger partial charge in [0.2, 0.25) is 0 Å². The number of aromatic nitrogens is 1. The molecule has 0 bridgehead atoms. The van der Waals surface area contributed by atoms with E-state index in [-0.39, 0.29) is 34.3 Å². The zero-order valence-electron chi connectivity index (χ0n) is 16.7. The number of rotatable bonds is 11. The van der Waals surface area contributed by atoms with Crippen molar-refractivity contribution in [1.82, 2.24) is 4.98 Å². The molecule has 4 atom stereocenters. The van der Waals surface area contributed by atoms with Gasteiger partial charge in [-0.1, -0.05) is 39.7 Å². The third kappa shape index (κ3) is 8.44. The van der Waals surface area contributed by atoms with Crippen molar-refractivity contribution in [3.05, 3.63) is 35.1 Å². The standard InChI is InChI=1S/C21H26BrCl2NO5/c1-13(26)29-11-15-9-16(10-19(23)25-15)30-12-17-14(8-18(22)21(17)24)6-4-2-3-5-7-20(27)28/h2,4,9-10,14,17-18,21H,3,5-8,11-12H2,1H3,(H,27,28)/b4-2-/t14-,17+,18?,21?/m0/s1. The fourth-order valence-corrected chi connectivity index (χ4v) is 4.90. The molecule has 0 spiro atoms. The monoisotopic (exact) mass is 521 g/mol. The second kappa shape index (κ2) is 12.5. The Balaban J connectivity index is 1.92. The summed E-state index contributed by atoms with van der Waals surface area (Å²) in [5, 5.41) is 8.89. The number of pyridine rings is 1. The van der Waals surface area contributed by atoms with Crippen molar-refractivity contribution in [2.24, 2.45) is 11.8 Å². The van der Waals surface area contributed by atoms with Crippen LogP contribution in [-0.4, -0.2) is 38.8 Å². The molecule has 1 aliphatic rings. The number of esters is 1. The summed E-state index contributed by atoms with van der Waals surface area (Å²) in [6.45, 7) is 1.80. The van der Waals surface area contributed by atoms with Gasteiger partial charge in [0.15, 0.2) is 0 Å². The van der Waals surface area contributed by atoms with E-state index < -0.39 is 11.9 Å². The van der Waals surface area contributed by atoms with E-state index in [9.17, 15) is 9.59 Å². The minimum Gasteiger partial charge on any atom is -0.493 e. The minimum absolute atomic E-state index is 0.0343. The zero-order chi connectivity index (χ0) is 22.1. The first-order chi connectivity index (χ1) is 14.3. The molecule has 1 heterocycles. The Morgan fingerprint density at radius 3 is 2.83 bits per heavy atom. The van der Waals surface area contributed by atoms with Crippen molar-refractivity contribution in [2.75, 3.05) is 6.61 Å². The highest BCUT2D eigenvalue weighted by atomic mass is 79.9. The molecule has 1 saturated carbocycles. The molecule has 0 saturated heterocycles. The van der Waals surface area contributed by atoms with Gasteiger partial charge < -0.3 is 14.6 Å². The first-order valence-electron chi connectivity index (χ1n) is 9.83. The normalized spacial score (nSPS) is 23.6. The van der Waals surface area contributed by atoms with Crippen molar-refractivity contribution in [3.63, 3.8) is 0 Å². The third-order valence-electron chi connectivity index (χ3n) is 4.94. The lowest BCUT2D eigenvalue weighted by Gasteiger charge is -2.21. The predicted molar refractivity (Wildman–Crippen MR) is 119 cm³/mol. The number of alkyl halides is 2. The Hall–Kier alpha value is -1.31. The molecule has 2 rings (SSSR count). The van der Waals surface area contributed by atoms with Gasteiger partial charge in [-0.15, -0.1) is 11.6 Å². The number of aliphatic carboxylic acids is 1. The Labute approximate surface area is 195 Å². The van der Waals surface area contributed by atoms with Gasteiger partial charge in [-0.2, -0.15) is 0 Å². The van der Waals surface area contributed by atoms with Gasteiger partial charge in [-0.25, -0.2) is 4.98 Å². The number of allylic oxidation sites excluding steroid dienone is 2. The predicted octanol–water partition coefficient (Wildman–Crippen LogP) is 5.39. The number of ether oxygens (including phenoxy) is 2. The topological polar surface area (TPSA) is 85.7 Å². The fraction of sp³-hybridized carbons (Fsp3) is 0.571. The van der Waals surface area contributed by atoms with Crippen molar-refractivity contribution in [1.29, 1.82) is 0 Å². The Morgan fingerprint density at radius 2 is 2.13 bits per heavy atom. The van der Waals surface area contributed by atoms with Gasteiger partial charge in [0, 0.05) is 36.2 Å². The van der Waals surface area contributed by atoms with E-state index in [0.717, 1.165) is 19.3 Å². The van der Waals surface area contributed by atoms with Crippen LogP contribution in [0.5, 0.6) is 5.75 Å². The van der Waals surface area contributed by atoms with E-state index in [2.05, 4.69) is 27.0 Å². The number of hydrogen-bond acceptors (Lipinski definition) is 5. The lowest BCUT2D eigenvalue weighted by molar-refractivity contribution is -0.142. The van der Waals surface area contributed by atoms with Crippen LogP contribution in [0.4, 0.5) is 0 Å². The highest BCUT2D eigenvalue weighted by Gasteiger charge is 2.40. The van der Waals surface area contributed by atoms with Crippen LogP contribution in [0.2, 0.25) is 5.15 Å². The average Bonchev–Trinajstić information content (AvgIpc) is 2.94. The molecule has 9 heteroatoms. The SMILES string of the molecule is CC(=O)OCc1cc(OC[C@H]2C(Cl)C(Br)C[C@@H]2C/C=C\CCCC(=O)O)cc(Cl)n1. The number of nitrogens with zero attached hydrogens (tertiary/aromatic N) is 1. The van der Waals surface area contributed by atoms with Crippen LogP contribution >= 0.6 is 39.1 Å². The van der Waals surface area contributed by atoms with Crippen LogP contribution in [0.1, 0.15) is 44.7 Å². The summed E-state index contributed by atoms with van der Waals surface area (Å²) in [6.07, 6.45) is 7.52. The van der Waals surface area contributed by atoms with Crippen LogP contribution in [0.3, 0.4) is 0 Å². The smallest absolute Gasteiger partial charge is 0.303 e. The minimum atomic E-state index is -0.768. The van der Waals surface area contributed by atoms with E-state index in [1.165, 1.54) is 6.92 Å². The van der Waals surface area contributed by atoms with E-state index in [4.69, 9.17) is 37.8 Å². The van der Waals surface area contributed by atoms with Crippen molar-refractivity contribution < 1.29 is 24.2 Å². The van der Waals surface area contributed by atoms with Crippen molar-refractivity contribution in [2.45, 2.75) is 55.8 Å². The molecule has 1 aliphatic carbocycles. The van der Waals surface area contributed by atoms with Crippen LogP contribution < -0.4 is 4.74 Å². The van der Waals surface area contributed by atoms with E-state index >= 15 is 0 Å². The number of carboxylic acids is 1. The molecule has 0 radical (unpaired) electrons. The molecule has 1 aromatic rings. The molecule has 1 aromatic heterocycles. The quantitative estimate of drug-likeness (QED) is 0.138. The number of unbranched alkanes of at least 4 members (excludes halogenated alkanes) is 1. The summed E-state index contributed by atoms with van der Waals surface area (Å²) in [5.41, 5.74) is 0.515. The number of carbonyl (C=O) groups is 2. The molecular formula is C21H26BrCl2NO5. The summed E-state index contributed by atoms with van der Waals surface area (Å²) in [4.78, 5) is 25.9. The van der Waals surface area contributed by atoms with Crippen molar-refractivity contribution in [3.8, 4) is 5.75 Å². The second-order valence-corrected chi connectivity index (χ2v) is 9.39. The second-order valence-electron chi connectivity index (χ2n) is 7.32. The molecular weight excluding hydrogens is 497 g/mol. The van der Waals surface area contributed by atoms with Gasteiger partial charge >= 0.3 is 11.9 Å². The third-order valence-corrected chi connectivity index (χ3v) is 7.01. The molecule has 166 valence electrons. The van der Waals surface area contributed by atoms with Crippen LogP contribution in [-0.2, 0) is 20.9 Å². The molecule has 1 fully saturated rings. The van der Waals surface area contributed by atoms with Crippen LogP contribution in [0.25, 0.3) is 0 Å². The lowest BCUT2D eigenvalue weighted by Crippen LogP contribution is -2.25. The van der Waals surface area contributed by atoms with Gasteiger partial charge in [-0.3, -0.25) is 9.59 Å². The van der Waals surface area contributed by atoms with Gasteiger partial charge in [0.25, 0.3) is 0 Å². The maximum absolute atomic E-state index is 11.0. The number of carbonyl (C=O) groups excluding carboxylic acids is 1. The maximum Gasteiger partial charge on any atom is 0.303 e. The van der Waals surface area contributed by atoms with Crippen molar-refractivity contribution >= 4 is 51.1 Å². The number of carboxylic acid groups (broad SMARTS) is 1. The number of hydrogen-bond donors (Lipinski definition) is 1. The zero-order valence-corrected chi connectivity index (χ0v) is 19.8. The molecule has 0 amide bonds. The first-order valence-corrected chi connectivity index (χ1v) is 11.6. The Bertz CT molecular complexity index is 761. The van der Waals surface area contributed by atoms with E-state index in [1.807, 2.05) is 6.08 Å². The summed E-state index contributed by atoms with van der Waals surface area (Å²) in [7, 11) is 0. The summed E-state index contributed by atoms with van der Waals surface area (Å²) < 4.78 is 10.9. The summed E-state index contributed by atoms with van der Waals surface area (Å²) >= 11 is 16.3. The Kier molecular flexibility index (Phi) is 10.4. The fourth-order valence-electron chi connectivity index (χ4n) is 3.43. The summed E-state index contributed by atoms with van der Waals surface area (Å²) in [5.74, 6) is -0.107. The largest absolute Gasteiger partial charge is 0.493 e. The molecule has 0 aromatic carbocycles. The number of halogens is 3. The highest BCUT2D eigenvalue weighted by Crippen LogP contribution is 2.42. The highest BCUT2D eigenvalue weighted by molar-refractivity contribution is 9.09. The summed E-state index contributed by atoms with van der Waals surface area (Å²) in [6, 6.07) is 3.33. The van der Waals surface area contributed by atoms with Gasteiger partial charge in [0.05, 0.1) is 17.7 Å². The average molecular weight is 523 g/mol. The van der Waals surface area contributed by atoms with E-state index in [0.29, 0.717) is 30.4 Å². The molecule has 2 unspecified atom stereocenters. The van der Waals surface area contributed by atoms with E-state index in [1.54, 1.807) is 12.1 Å². The van der Waals surface area contributed by atoms with Crippen LogP contribution in [0, 0.1) is 11.8 Å². The van der Waals surface area contributed by atoms with Crippen LogP contribution in [0.15, 0.2) is 24.3 Å². The molecule has 6 nitrogen and oxygen atoms in total.